The molecule has 1 unspecified atom stereocenters. The van der Waals surface area contributed by atoms with Crippen LogP contribution in [0.25, 0.3) is 0 Å². The molecule has 0 aromatic heterocycles. The van der Waals surface area contributed by atoms with Crippen LogP contribution in [0.3, 0.4) is 0 Å². The largest absolute Gasteiger partial charge is 0.497 e. The van der Waals surface area contributed by atoms with Gasteiger partial charge in [0.1, 0.15) is 11.6 Å². The van der Waals surface area contributed by atoms with Gasteiger partial charge in [0.2, 0.25) is 0 Å². The van der Waals surface area contributed by atoms with E-state index in [0.29, 0.717) is 17.2 Å². The summed E-state index contributed by atoms with van der Waals surface area (Å²) >= 11 is 3.59. The molecule has 112 valence electrons. The van der Waals surface area contributed by atoms with Crippen LogP contribution in [-0.4, -0.2) is 7.11 Å². The highest BCUT2D eigenvalue weighted by molar-refractivity contribution is 9.09. The first-order chi connectivity index (χ1) is 10.0. The summed E-state index contributed by atoms with van der Waals surface area (Å²) < 4.78 is 19.1. The lowest BCUT2D eigenvalue weighted by Gasteiger charge is -2.14. The van der Waals surface area contributed by atoms with Gasteiger partial charge in [-0.1, -0.05) is 60.1 Å². The average Bonchev–Trinajstić information content (AvgIpc) is 2.46. The van der Waals surface area contributed by atoms with E-state index in [2.05, 4.69) is 54.0 Å². The molecule has 0 saturated heterocycles. The Bertz CT molecular complexity index is 593. The molecule has 0 bridgehead atoms. The van der Waals surface area contributed by atoms with Crippen molar-refractivity contribution in [2.24, 2.45) is 5.92 Å². The Kier molecular flexibility index (Phi) is 5.40. The van der Waals surface area contributed by atoms with Crippen LogP contribution >= 0.6 is 15.9 Å². The van der Waals surface area contributed by atoms with Gasteiger partial charge in [-0.2, -0.15) is 0 Å². The minimum absolute atomic E-state index is 0.156. The number of hydrogen-bond acceptors (Lipinski definition) is 1. The number of alkyl halides is 1. The maximum atomic E-state index is 14.1. The quantitative estimate of drug-likeness (QED) is 0.645. The highest BCUT2D eigenvalue weighted by atomic mass is 79.9. The fraction of sp³-hybridized carbons (Fsp3) is 0.333. The van der Waals surface area contributed by atoms with Gasteiger partial charge in [0.15, 0.2) is 0 Å². The molecule has 0 saturated carbocycles. The van der Waals surface area contributed by atoms with Crippen LogP contribution in [0.15, 0.2) is 42.5 Å². The lowest BCUT2D eigenvalue weighted by molar-refractivity contribution is 0.411. The van der Waals surface area contributed by atoms with Gasteiger partial charge in [-0.3, -0.25) is 0 Å². The zero-order chi connectivity index (χ0) is 15.4. The Labute approximate surface area is 134 Å². The number of hydrogen-bond donors (Lipinski definition) is 0. The van der Waals surface area contributed by atoms with E-state index in [4.69, 9.17) is 4.74 Å². The Morgan fingerprint density at radius 2 is 1.76 bits per heavy atom. The minimum Gasteiger partial charge on any atom is -0.497 e. The van der Waals surface area contributed by atoms with Crippen molar-refractivity contribution in [3.8, 4) is 5.75 Å². The van der Waals surface area contributed by atoms with Crippen LogP contribution in [0.2, 0.25) is 0 Å². The summed E-state index contributed by atoms with van der Waals surface area (Å²) in [6, 6.07) is 13.3. The maximum Gasteiger partial charge on any atom is 0.131 e. The van der Waals surface area contributed by atoms with Gasteiger partial charge < -0.3 is 4.74 Å². The zero-order valence-electron chi connectivity index (χ0n) is 12.6. The molecule has 21 heavy (non-hydrogen) atoms. The molecule has 3 heteroatoms. The van der Waals surface area contributed by atoms with E-state index in [1.165, 1.54) is 18.7 Å². The third-order valence-electron chi connectivity index (χ3n) is 3.40. The summed E-state index contributed by atoms with van der Waals surface area (Å²) in [5, 5.41) is 0. The van der Waals surface area contributed by atoms with E-state index in [1.807, 2.05) is 0 Å². The molecule has 0 aliphatic heterocycles. The number of halogens is 2. The van der Waals surface area contributed by atoms with Gasteiger partial charge in [-0.25, -0.2) is 4.39 Å². The molecule has 2 rings (SSSR count). The van der Waals surface area contributed by atoms with Crippen molar-refractivity contribution in [3.63, 3.8) is 0 Å². The highest BCUT2D eigenvalue weighted by Crippen LogP contribution is 2.34. The molecule has 0 N–H and O–H groups in total. The summed E-state index contributed by atoms with van der Waals surface area (Å²) in [6.07, 6.45) is 1.06. The average molecular weight is 351 g/mol. The van der Waals surface area contributed by atoms with Gasteiger partial charge in [-0.15, -0.1) is 0 Å². The van der Waals surface area contributed by atoms with E-state index in [-0.39, 0.29) is 10.6 Å². The van der Waals surface area contributed by atoms with Crippen LogP contribution in [0.4, 0.5) is 4.39 Å². The maximum absolute atomic E-state index is 14.1. The molecule has 0 aliphatic carbocycles. The molecular weight excluding hydrogens is 331 g/mol. The summed E-state index contributed by atoms with van der Waals surface area (Å²) in [5.41, 5.74) is 2.97. The Morgan fingerprint density at radius 1 is 1.10 bits per heavy atom. The standard InChI is InChI=1S/C18H20BrFO/c1-12(2)10-13-4-6-14(7-5-13)18(19)16-9-8-15(21-3)11-17(16)20/h4-9,11-12,18H,10H2,1-3H3. The molecule has 1 nitrogen and oxygen atoms in total. The summed E-state index contributed by atoms with van der Waals surface area (Å²) in [4.78, 5) is -0.156. The molecule has 0 heterocycles. The summed E-state index contributed by atoms with van der Waals surface area (Å²) in [6.45, 7) is 4.40. The molecule has 0 fully saturated rings. The minimum atomic E-state index is -0.262. The Hall–Kier alpha value is -1.35. The predicted molar refractivity (Wildman–Crippen MR) is 88.7 cm³/mol. The third-order valence-corrected chi connectivity index (χ3v) is 4.42. The normalized spacial score (nSPS) is 12.5. The number of rotatable bonds is 5. The third kappa shape index (κ3) is 4.07. The molecule has 1 atom stereocenters. The van der Waals surface area contributed by atoms with Crippen molar-refractivity contribution >= 4 is 15.9 Å². The van der Waals surface area contributed by atoms with Gasteiger partial charge >= 0.3 is 0 Å². The van der Waals surface area contributed by atoms with Crippen LogP contribution < -0.4 is 4.74 Å². The van der Waals surface area contributed by atoms with Crippen molar-refractivity contribution in [3.05, 3.63) is 65.0 Å². The smallest absolute Gasteiger partial charge is 0.131 e. The zero-order valence-corrected chi connectivity index (χ0v) is 14.2. The van der Waals surface area contributed by atoms with Gasteiger partial charge in [0, 0.05) is 11.6 Å². The molecule has 2 aromatic carbocycles. The topological polar surface area (TPSA) is 9.23 Å². The van der Waals surface area contributed by atoms with Crippen molar-refractivity contribution in [2.75, 3.05) is 7.11 Å². The summed E-state index contributed by atoms with van der Waals surface area (Å²) in [5.74, 6) is 0.903. The van der Waals surface area contributed by atoms with E-state index in [1.54, 1.807) is 12.1 Å². The highest BCUT2D eigenvalue weighted by Gasteiger charge is 2.15. The second-order valence-corrected chi connectivity index (χ2v) is 6.51. The van der Waals surface area contributed by atoms with E-state index in [9.17, 15) is 4.39 Å². The lowest BCUT2D eigenvalue weighted by atomic mass is 9.99. The van der Waals surface area contributed by atoms with Crippen LogP contribution in [0, 0.1) is 11.7 Å². The van der Waals surface area contributed by atoms with Gasteiger partial charge in [-0.05, 0) is 29.5 Å². The van der Waals surface area contributed by atoms with Crippen LogP contribution in [-0.2, 0) is 6.42 Å². The first kappa shape index (κ1) is 16.0. The second kappa shape index (κ2) is 7.08. The SMILES string of the molecule is COc1ccc(C(Br)c2ccc(CC(C)C)cc2)c(F)c1. The molecule has 0 spiro atoms. The van der Waals surface area contributed by atoms with E-state index >= 15 is 0 Å². The van der Waals surface area contributed by atoms with E-state index < -0.39 is 0 Å². The fourth-order valence-electron chi connectivity index (χ4n) is 2.31. The second-order valence-electron chi connectivity index (χ2n) is 5.59. The summed E-state index contributed by atoms with van der Waals surface area (Å²) in [7, 11) is 1.54. The van der Waals surface area contributed by atoms with Crippen LogP contribution in [0.5, 0.6) is 5.75 Å². The molecule has 0 radical (unpaired) electrons. The van der Waals surface area contributed by atoms with Crippen molar-refractivity contribution in [1.29, 1.82) is 0 Å². The van der Waals surface area contributed by atoms with Crippen LogP contribution in [0.1, 0.15) is 35.4 Å². The number of methoxy groups -OCH3 is 1. The van der Waals surface area contributed by atoms with Gasteiger partial charge in [0.05, 0.1) is 11.9 Å². The van der Waals surface area contributed by atoms with E-state index in [0.717, 1.165) is 12.0 Å². The van der Waals surface area contributed by atoms with Crippen molar-refractivity contribution in [2.45, 2.75) is 25.1 Å². The molecule has 0 amide bonds. The molecule has 0 aliphatic rings. The number of benzene rings is 2. The first-order valence-corrected chi connectivity index (χ1v) is 7.99. The first-order valence-electron chi connectivity index (χ1n) is 7.07. The van der Waals surface area contributed by atoms with Crippen molar-refractivity contribution < 1.29 is 9.13 Å². The van der Waals surface area contributed by atoms with Crippen molar-refractivity contribution in [1.82, 2.24) is 0 Å². The lowest BCUT2D eigenvalue weighted by Crippen LogP contribution is -1.99. The molecule has 2 aromatic rings. The fourth-order valence-corrected chi connectivity index (χ4v) is 2.99. The Morgan fingerprint density at radius 3 is 2.29 bits per heavy atom. The predicted octanol–water partition coefficient (Wildman–Crippen LogP) is 5.52. The molecular formula is C18H20BrFO. The Balaban J connectivity index is 2.21. The van der Waals surface area contributed by atoms with Gasteiger partial charge in [0.25, 0.3) is 0 Å². The number of ether oxygens (including phenoxy) is 1. The monoisotopic (exact) mass is 350 g/mol.